The topological polar surface area (TPSA) is 23.5 Å². The Bertz CT molecular complexity index is 249. The summed E-state index contributed by atoms with van der Waals surface area (Å²) in [6.45, 7) is 3.40. The van der Waals surface area contributed by atoms with E-state index in [0.29, 0.717) is 6.61 Å². The van der Waals surface area contributed by atoms with Gasteiger partial charge in [-0.3, -0.25) is 0 Å². The van der Waals surface area contributed by atoms with Crippen LogP contribution in [0.3, 0.4) is 0 Å². The molecule has 15 heavy (non-hydrogen) atoms. The van der Waals surface area contributed by atoms with E-state index in [9.17, 15) is 0 Å². The smallest absolute Gasteiger partial charge is 0.0558 e. The van der Waals surface area contributed by atoms with Crippen molar-refractivity contribution in [1.29, 1.82) is 0 Å². The zero-order valence-corrected chi connectivity index (χ0v) is 9.23. The molecule has 1 saturated heterocycles. The first-order chi connectivity index (χ1) is 7.40. The van der Waals surface area contributed by atoms with Crippen LogP contribution in [0.2, 0.25) is 0 Å². The van der Waals surface area contributed by atoms with Crippen LogP contribution in [0.4, 0.5) is 0 Å². The lowest BCUT2D eigenvalue weighted by Crippen LogP contribution is -2.36. The van der Waals surface area contributed by atoms with Gasteiger partial charge in [0.1, 0.15) is 0 Å². The van der Waals surface area contributed by atoms with Crippen LogP contribution in [-0.2, 0) is 0 Å². The van der Waals surface area contributed by atoms with Crippen LogP contribution >= 0.6 is 0 Å². The molecule has 0 aromatic heterocycles. The Morgan fingerprint density at radius 2 is 2.13 bits per heavy atom. The van der Waals surface area contributed by atoms with E-state index in [-0.39, 0.29) is 0 Å². The lowest BCUT2D eigenvalue weighted by molar-refractivity contribution is 0.157. The molecule has 0 aromatic rings. The number of allylic oxidation sites excluding steroid dienone is 4. The van der Waals surface area contributed by atoms with Crippen molar-refractivity contribution in [2.24, 2.45) is 5.92 Å². The summed E-state index contributed by atoms with van der Waals surface area (Å²) in [7, 11) is 0. The van der Waals surface area contributed by atoms with E-state index in [1.54, 1.807) is 0 Å². The molecule has 0 unspecified atom stereocenters. The van der Waals surface area contributed by atoms with Crippen LogP contribution < -0.4 is 0 Å². The maximum Gasteiger partial charge on any atom is 0.0558 e. The molecular formula is C13H20NO. The number of hydrogen-bond donors (Lipinski definition) is 1. The van der Waals surface area contributed by atoms with Gasteiger partial charge in [0.15, 0.2) is 0 Å². The standard InChI is InChI=1S/C13H20NO/c15-11-10-14-8-6-13(7-9-14)12-4-2-1-3-5-12/h2-5,13,15H,1,6-11H2. The van der Waals surface area contributed by atoms with Crippen LogP contribution in [0.5, 0.6) is 0 Å². The molecule has 1 aliphatic heterocycles. The van der Waals surface area contributed by atoms with Crippen molar-refractivity contribution in [3.05, 3.63) is 30.2 Å². The first kappa shape index (κ1) is 10.9. The molecular weight excluding hydrogens is 186 g/mol. The lowest BCUT2D eigenvalue weighted by Gasteiger charge is -2.32. The third-order valence-corrected chi connectivity index (χ3v) is 3.37. The second-order valence-corrected chi connectivity index (χ2v) is 4.38. The van der Waals surface area contributed by atoms with Crippen LogP contribution in [0, 0.1) is 12.3 Å². The Balaban J connectivity index is 1.82. The van der Waals surface area contributed by atoms with Crippen molar-refractivity contribution in [3.63, 3.8) is 0 Å². The molecule has 83 valence electrons. The summed E-state index contributed by atoms with van der Waals surface area (Å²) in [5.41, 5.74) is 1.50. The molecule has 0 saturated carbocycles. The Kier molecular flexibility index (Phi) is 3.98. The molecule has 1 radical (unpaired) electrons. The third-order valence-electron chi connectivity index (χ3n) is 3.37. The number of hydrogen-bond acceptors (Lipinski definition) is 2. The summed E-state index contributed by atoms with van der Waals surface area (Å²) >= 11 is 0. The summed E-state index contributed by atoms with van der Waals surface area (Å²) in [5.74, 6) is 0.743. The van der Waals surface area contributed by atoms with Crippen LogP contribution in [0.15, 0.2) is 23.8 Å². The minimum Gasteiger partial charge on any atom is -0.395 e. The van der Waals surface area contributed by atoms with Gasteiger partial charge >= 0.3 is 0 Å². The maximum atomic E-state index is 8.86. The minimum atomic E-state index is 0.293. The first-order valence-electron chi connectivity index (χ1n) is 5.93. The molecule has 2 aliphatic rings. The van der Waals surface area contributed by atoms with Crippen molar-refractivity contribution in [2.75, 3.05) is 26.2 Å². The molecule has 1 aliphatic carbocycles. The highest BCUT2D eigenvalue weighted by atomic mass is 16.3. The normalized spacial score (nSPS) is 24.2. The second-order valence-electron chi connectivity index (χ2n) is 4.38. The van der Waals surface area contributed by atoms with Crippen LogP contribution in [-0.4, -0.2) is 36.2 Å². The fraction of sp³-hybridized carbons (Fsp3) is 0.615. The summed E-state index contributed by atoms with van der Waals surface area (Å²) in [4.78, 5) is 2.35. The summed E-state index contributed by atoms with van der Waals surface area (Å²) < 4.78 is 0. The molecule has 1 heterocycles. The number of likely N-dealkylation sites (tertiary alicyclic amines) is 1. The zero-order chi connectivity index (χ0) is 10.5. The van der Waals surface area contributed by atoms with E-state index in [2.05, 4.69) is 29.5 Å². The predicted molar refractivity (Wildman–Crippen MR) is 62.4 cm³/mol. The molecule has 1 N–H and O–H groups in total. The van der Waals surface area contributed by atoms with Gasteiger partial charge in [-0.15, -0.1) is 0 Å². The van der Waals surface area contributed by atoms with E-state index < -0.39 is 0 Å². The third kappa shape index (κ3) is 2.93. The van der Waals surface area contributed by atoms with Crippen molar-refractivity contribution in [2.45, 2.75) is 19.3 Å². The molecule has 0 aromatic carbocycles. The second kappa shape index (κ2) is 5.47. The van der Waals surface area contributed by atoms with E-state index >= 15 is 0 Å². The average Bonchev–Trinajstić information content (AvgIpc) is 2.32. The highest BCUT2D eigenvalue weighted by molar-refractivity contribution is 5.29. The van der Waals surface area contributed by atoms with Crippen LogP contribution in [0.1, 0.15) is 19.3 Å². The number of aliphatic hydroxyl groups is 1. The minimum absolute atomic E-state index is 0.293. The summed E-state index contributed by atoms with van der Waals surface area (Å²) in [6.07, 6.45) is 12.6. The Labute approximate surface area is 92.3 Å². The SMILES string of the molecule is OCCN1CCC(C2=C[CH]CC=C2)CC1. The van der Waals surface area contributed by atoms with Gasteiger partial charge in [0, 0.05) is 6.54 Å². The van der Waals surface area contributed by atoms with Gasteiger partial charge < -0.3 is 10.0 Å². The predicted octanol–water partition coefficient (Wildman–Crippen LogP) is 1.78. The molecule has 2 heteroatoms. The fourth-order valence-electron chi connectivity index (χ4n) is 2.45. The van der Waals surface area contributed by atoms with Gasteiger partial charge in [-0.2, -0.15) is 0 Å². The Hall–Kier alpha value is -0.600. The van der Waals surface area contributed by atoms with Gasteiger partial charge in [-0.1, -0.05) is 18.2 Å². The van der Waals surface area contributed by atoms with E-state index in [1.807, 2.05) is 0 Å². The van der Waals surface area contributed by atoms with Crippen molar-refractivity contribution < 1.29 is 5.11 Å². The van der Waals surface area contributed by atoms with E-state index in [0.717, 1.165) is 32.0 Å². The van der Waals surface area contributed by atoms with Crippen LogP contribution in [0.25, 0.3) is 0 Å². The molecule has 0 amide bonds. The molecule has 2 nitrogen and oxygen atoms in total. The fourth-order valence-corrected chi connectivity index (χ4v) is 2.45. The van der Waals surface area contributed by atoms with Gasteiger partial charge in [-0.05, 0) is 50.3 Å². The Morgan fingerprint density at radius 3 is 2.73 bits per heavy atom. The monoisotopic (exact) mass is 206 g/mol. The van der Waals surface area contributed by atoms with Gasteiger partial charge in [-0.25, -0.2) is 0 Å². The number of nitrogens with zero attached hydrogens (tertiary/aromatic N) is 1. The summed E-state index contributed by atoms with van der Waals surface area (Å²) in [5, 5.41) is 8.86. The van der Waals surface area contributed by atoms with E-state index in [4.69, 9.17) is 5.11 Å². The molecule has 1 fully saturated rings. The van der Waals surface area contributed by atoms with Gasteiger partial charge in [0.05, 0.1) is 6.61 Å². The number of β-amino-alcohol motifs (C(OH)–C–C–N with tert-alkyl or cyclic N) is 1. The molecule has 0 atom stereocenters. The van der Waals surface area contributed by atoms with Crippen molar-refractivity contribution in [1.82, 2.24) is 4.90 Å². The van der Waals surface area contributed by atoms with Gasteiger partial charge in [0.25, 0.3) is 0 Å². The molecule has 2 rings (SSSR count). The largest absolute Gasteiger partial charge is 0.395 e. The molecule has 0 spiro atoms. The summed E-state index contributed by atoms with van der Waals surface area (Å²) in [6, 6.07) is 0. The number of piperidine rings is 1. The zero-order valence-electron chi connectivity index (χ0n) is 9.23. The number of rotatable bonds is 3. The Morgan fingerprint density at radius 1 is 1.33 bits per heavy atom. The highest BCUT2D eigenvalue weighted by Gasteiger charge is 2.20. The lowest BCUT2D eigenvalue weighted by atomic mass is 9.86. The first-order valence-corrected chi connectivity index (χ1v) is 5.93. The number of aliphatic hydroxyl groups excluding tert-OH is 1. The van der Waals surface area contributed by atoms with Crippen molar-refractivity contribution in [3.8, 4) is 0 Å². The quantitative estimate of drug-likeness (QED) is 0.761. The molecule has 0 bridgehead atoms. The average molecular weight is 206 g/mol. The maximum absolute atomic E-state index is 8.86. The van der Waals surface area contributed by atoms with Crippen molar-refractivity contribution >= 4 is 0 Å². The highest BCUT2D eigenvalue weighted by Crippen LogP contribution is 2.27. The van der Waals surface area contributed by atoms with E-state index in [1.165, 1.54) is 18.4 Å². The van der Waals surface area contributed by atoms with Gasteiger partial charge in [0.2, 0.25) is 0 Å².